The minimum absolute atomic E-state index is 0.717. The van der Waals surface area contributed by atoms with E-state index in [0.29, 0.717) is 6.61 Å². The van der Waals surface area contributed by atoms with E-state index in [1.54, 1.807) is 18.4 Å². The maximum atomic E-state index is 5.04. The minimum Gasteiger partial charge on any atom is -0.383 e. The molecule has 0 aliphatic carbocycles. The van der Waals surface area contributed by atoms with Gasteiger partial charge in [0.15, 0.2) is 0 Å². The molecule has 0 saturated carbocycles. The molecule has 0 radical (unpaired) electrons. The number of nitrogens with zero attached hydrogens (tertiary/aromatic N) is 2. The summed E-state index contributed by atoms with van der Waals surface area (Å²) in [6.45, 7) is 1.57. The van der Waals surface area contributed by atoms with Crippen LogP contribution in [0.15, 0.2) is 29.9 Å². The van der Waals surface area contributed by atoms with Crippen LogP contribution >= 0.6 is 11.3 Å². The molecule has 2 heterocycles. The zero-order valence-corrected chi connectivity index (χ0v) is 8.83. The van der Waals surface area contributed by atoms with Crippen molar-refractivity contribution in [2.45, 2.75) is 6.54 Å². The quantitative estimate of drug-likeness (QED) is 0.770. The normalized spacial score (nSPS) is 10.6. The highest BCUT2D eigenvalue weighted by Crippen LogP contribution is 2.22. The third-order valence-electron chi connectivity index (χ3n) is 1.99. The van der Waals surface area contributed by atoms with Gasteiger partial charge in [0.25, 0.3) is 0 Å². The fourth-order valence-electron chi connectivity index (χ4n) is 1.31. The molecule has 2 aromatic rings. The number of aromatic nitrogens is 2. The van der Waals surface area contributed by atoms with Gasteiger partial charge in [-0.15, -0.1) is 11.3 Å². The van der Waals surface area contributed by atoms with Gasteiger partial charge in [0.05, 0.1) is 11.5 Å². The molecule has 0 aliphatic heterocycles. The molecule has 0 saturated heterocycles. The molecule has 14 heavy (non-hydrogen) atoms. The topological polar surface area (TPSA) is 27.1 Å². The molecule has 0 atom stereocenters. The highest BCUT2D eigenvalue weighted by atomic mass is 32.1. The molecule has 74 valence electrons. The molecular formula is C10H12N2OS. The van der Waals surface area contributed by atoms with Crippen LogP contribution in [0.5, 0.6) is 0 Å². The number of hydrogen-bond acceptors (Lipinski definition) is 3. The predicted octanol–water partition coefficient (Wildman–Crippen LogP) is 2.26. The Hall–Kier alpha value is -1.13. The standard InChI is InChI=1S/C10H12N2OS/c1-13-7-6-12-5-4-11-10(12)9-3-2-8-14-9/h2-5,8H,6-7H2,1H3. The predicted molar refractivity (Wildman–Crippen MR) is 57.4 cm³/mol. The van der Waals surface area contributed by atoms with E-state index in [-0.39, 0.29) is 0 Å². The lowest BCUT2D eigenvalue weighted by atomic mass is 10.4. The van der Waals surface area contributed by atoms with E-state index in [4.69, 9.17) is 4.74 Å². The summed E-state index contributed by atoms with van der Waals surface area (Å²) in [6.07, 6.45) is 3.80. The molecule has 2 rings (SSSR count). The lowest BCUT2D eigenvalue weighted by Crippen LogP contribution is -2.04. The average molecular weight is 208 g/mol. The first-order chi connectivity index (χ1) is 6.92. The summed E-state index contributed by atoms with van der Waals surface area (Å²) < 4.78 is 7.15. The lowest BCUT2D eigenvalue weighted by Gasteiger charge is -2.04. The van der Waals surface area contributed by atoms with Gasteiger partial charge in [-0.3, -0.25) is 0 Å². The number of thiophene rings is 1. The number of ether oxygens (including phenoxy) is 1. The SMILES string of the molecule is COCCn1ccnc1-c1cccs1. The summed E-state index contributed by atoms with van der Waals surface area (Å²) in [5.41, 5.74) is 0. The molecule has 3 nitrogen and oxygen atoms in total. The molecule has 2 aromatic heterocycles. The van der Waals surface area contributed by atoms with Crippen molar-refractivity contribution in [3.8, 4) is 10.7 Å². The smallest absolute Gasteiger partial charge is 0.150 e. The Bertz CT molecular complexity index is 380. The summed E-state index contributed by atoms with van der Waals surface area (Å²) in [7, 11) is 1.71. The van der Waals surface area contributed by atoms with Crippen molar-refractivity contribution in [2.24, 2.45) is 0 Å². The van der Waals surface area contributed by atoms with E-state index in [1.807, 2.05) is 18.5 Å². The van der Waals surface area contributed by atoms with Crippen molar-refractivity contribution in [3.63, 3.8) is 0 Å². The Morgan fingerprint density at radius 3 is 3.21 bits per heavy atom. The van der Waals surface area contributed by atoms with Gasteiger partial charge in [-0.25, -0.2) is 4.98 Å². The van der Waals surface area contributed by atoms with Gasteiger partial charge >= 0.3 is 0 Å². The first kappa shape index (κ1) is 9.43. The van der Waals surface area contributed by atoms with E-state index in [2.05, 4.69) is 21.0 Å². The van der Waals surface area contributed by atoms with Crippen LogP contribution in [0.4, 0.5) is 0 Å². The van der Waals surface area contributed by atoms with E-state index >= 15 is 0 Å². The number of methoxy groups -OCH3 is 1. The van der Waals surface area contributed by atoms with Crippen LogP contribution in [-0.2, 0) is 11.3 Å². The first-order valence-electron chi connectivity index (χ1n) is 4.46. The Morgan fingerprint density at radius 2 is 2.50 bits per heavy atom. The van der Waals surface area contributed by atoms with Crippen molar-refractivity contribution in [1.29, 1.82) is 0 Å². The van der Waals surface area contributed by atoms with Crippen LogP contribution in [0.25, 0.3) is 10.7 Å². The Kier molecular flexibility index (Phi) is 2.96. The average Bonchev–Trinajstić information content (AvgIpc) is 2.84. The Balaban J connectivity index is 2.22. The molecule has 0 bridgehead atoms. The van der Waals surface area contributed by atoms with Crippen LogP contribution in [0.1, 0.15) is 0 Å². The fourth-order valence-corrected chi connectivity index (χ4v) is 2.05. The fraction of sp³-hybridized carbons (Fsp3) is 0.300. The molecule has 4 heteroatoms. The van der Waals surface area contributed by atoms with Crippen molar-refractivity contribution >= 4 is 11.3 Å². The summed E-state index contributed by atoms with van der Waals surface area (Å²) in [4.78, 5) is 5.53. The van der Waals surface area contributed by atoms with E-state index < -0.39 is 0 Å². The molecule has 0 spiro atoms. The highest BCUT2D eigenvalue weighted by molar-refractivity contribution is 7.13. The maximum absolute atomic E-state index is 5.04. The number of rotatable bonds is 4. The molecule has 0 unspecified atom stereocenters. The lowest BCUT2D eigenvalue weighted by molar-refractivity contribution is 0.187. The highest BCUT2D eigenvalue weighted by Gasteiger charge is 2.05. The van der Waals surface area contributed by atoms with Gasteiger partial charge in [0.2, 0.25) is 0 Å². The van der Waals surface area contributed by atoms with Crippen molar-refractivity contribution < 1.29 is 4.74 Å². The zero-order valence-electron chi connectivity index (χ0n) is 8.01. The van der Waals surface area contributed by atoms with Crippen LogP contribution in [0, 0.1) is 0 Å². The second-order valence-corrected chi connectivity index (χ2v) is 3.86. The maximum Gasteiger partial charge on any atom is 0.150 e. The summed E-state index contributed by atoms with van der Waals surface area (Å²) in [5, 5.41) is 2.06. The van der Waals surface area contributed by atoms with Gasteiger partial charge in [0, 0.05) is 26.0 Å². The zero-order chi connectivity index (χ0) is 9.80. The van der Waals surface area contributed by atoms with Crippen LogP contribution in [0.2, 0.25) is 0 Å². The molecule has 0 amide bonds. The van der Waals surface area contributed by atoms with E-state index in [0.717, 1.165) is 12.4 Å². The monoisotopic (exact) mass is 208 g/mol. The molecule has 0 fully saturated rings. The number of imidazole rings is 1. The Labute approximate surface area is 87.0 Å². The van der Waals surface area contributed by atoms with Crippen LogP contribution < -0.4 is 0 Å². The summed E-state index contributed by atoms with van der Waals surface area (Å²) in [6, 6.07) is 4.12. The van der Waals surface area contributed by atoms with Crippen molar-refractivity contribution in [2.75, 3.05) is 13.7 Å². The third kappa shape index (κ3) is 1.86. The van der Waals surface area contributed by atoms with Gasteiger partial charge in [-0.2, -0.15) is 0 Å². The van der Waals surface area contributed by atoms with E-state index in [1.165, 1.54) is 4.88 Å². The minimum atomic E-state index is 0.717. The van der Waals surface area contributed by atoms with Gasteiger partial charge < -0.3 is 9.30 Å². The van der Waals surface area contributed by atoms with Crippen molar-refractivity contribution in [3.05, 3.63) is 29.9 Å². The molecular weight excluding hydrogens is 196 g/mol. The third-order valence-corrected chi connectivity index (χ3v) is 2.86. The van der Waals surface area contributed by atoms with Gasteiger partial charge in [0.1, 0.15) is 5.82 Å². The largest absolute Gasteiger partial charge is 0.383 e. The Morgan fingerprint density at radius 1 is 1.57 bits per heavy atom. The molecule has 0 aliphatic rings. The molecule has 0 aromatic carbocycles. The van der Waals surface area contributed by atoms with E-state index in [9.17, 15) is 0 Å². The van der Waals surface area contributed by atoms with Crippen LogP contribution in [-0.4, -0.2) is 23.3 Å². The van der Waals surface area contributed by atoms with Crippen LogP contribution in [0.3, 0.4) is 0 Å². The van der Waals surface area contributed by atoms with Gasteiger partial charge in [-0.05, 0) is 11.4 Å². The van der Waals surface area contributed by atoms with Gasteiger partial charge in [-0.1, -0.05) is 6.07 Å². The number of hydrogen-bond donors (Lipinski definition) is 0. The summed E-state index contributed by atoms with van der Waals surface area (Å²) >= 11 is 1.70. The summed E-state index contributed by atoms with van der Waals surface area (Å²) in [5.74, 6) is 1.03. The second kappa shape index (κ2) is 4.39. The van der Waals surface area contributed by atoms with Crippen molar-refractivity contribution in [1.82, 2.24) is 9.55 Å². The molecule has 0 N–H and O–H groups in total. The first-order valence-corrected chi connectivity index (χ1v) is 5.33. The second-order valence-electron chi connectivity index (χ2n) is 2.91.